The highest BCUT2D eigenvalue weighted by molar-refractivity contribution is 9.10. The van der Waals surface area contributed by atoms with Crippen LogP contribution in [0.4, 0.5) is 5.69 Å². The van der Waals surface area contributed by atoms with Crippen LogP contribution < -0.4 is 5.32 Å². The Kier molecular flexibility index (Phi) is 4.87. The molecule has 0 fully saturated rings. The van der Waals surface area contributed by atoms with Gasteiger partial charge in [0, 0.05) is 16.6 Å². The van der Waals surface area contributed by atoms with Crippen molar-refractivity contribution in [3.63, 3.8) is 0 Å². The average Bonchev–Trinajstić information content (AvgIpc) is 3.05. The lowest BCUT2D eigenvalue weighted by molar-refractivity contribution is -0.115. The Balaban J connectivity index is 1.70. The molecule has 0 unspecified atom stereocenters. The number of hydrogen-bond acceptors (Lipinski definition) is 6. The predicted octanol–water partition coefficient (Wildman–Crippen LogP) is 3.10. The molecule has 1 N–H and O–H groups in total. The number of aromatic nitrogens is 2. The smallest absolute Gasteiger partial charge is 0.225 e. The van der Waals surface area contributed by atoms with Gasteiger partial charge in [-0.25, -0.2) is 13.0 Å². The molecule has 25 heavy (non-hydrogen) atoms. The fourth-order valence-corrected chi connectivity index (χ4v) is 3.96. The molecule has 1 heterocycles. The van der Waals surface area contributed by atoms with Crippen LogP contribution >= 0.6 is 15.9 Å². The predicted molar refractivity (Wildman–Crippen MR) is 96.0 cm³/mol. The first-order valence-electron chi connectivity index (χ1n) is 7.37. The highest BCUT2D eigenvalue weighted by Gasteiger charge is 2.21. The molecule has 0 saturated carbocycles. The summed E-state index contributed by atoms with van der Waals surface area (Å²) in [6.07, 6.45) is -0.168. The van der Waals surface area contributed by atoms with Crippen LogP contribution in [-0.2, 0) is 14.6 Å². The molecule has 7 nitrogen and oxygen atoms in total. The van der Waals surface area contributed by atoms with Crippen molar-refractivity contribution >= 4 is 48.4 Å². The van der Waals surface area contributed by atoms with Gasteiger partial charge in [-0.05, 0) is 53.1 Å². The van der Waals surface area contributed by atoms with Gasteiger partial charge in [0.2, 0.25) is 5.91 Å². The maximum Gasteiger partial charge on any atom is 0.225 e. The van der Waals surface area contributed by atoms with Crippen LogP contribution in [0.2, 0.25) is 0 Å². The normalized spacial score (nSPS) is 11.6. The molecule has 0 saturated heterocycles. The number of sulfone groups is 1. The lowest BCUT2D eigenvalue weighted by atomic mass is 10.2. The number of halogens is 1. The van der Waals surface area contributed by atoms with Crippen LogP contribution in [0.5, 0.6) is 0 Å². The van der Waals surface area contributed by atoms with E-state index < -0.39 is 9.84 Å². The summed E-state index contributed by atoms with van der Waals surface area (Å²) in [5.41, 5.74) is 2.11. The Morgan fingerprint density at radius 3 is 2.80 bits per heavy atom. The van der Waals surface area contributed by atoms with Crippen molar-refractivity contribution in [2.75, 3.05) is 11.1 Å². The maximum absolute atomic E-state index is 12.5. The maximum atomic E-state index is 12.5. The van der Waals surface area contributed by atoms with E-state index in [4.69, 9.17) is 0 Å². The van der Waals surface area contributed by atoms with Gasteiger partial charge in [0.25, 0.3) is 0 Å². The van der Waals surface area contributed by atoms with E-state index in [1.807, 2.05) is 13.0 Å². The first kappa shape index (κ1) is 17.6. The highest BCUT2D eigenvalue weighted by atomic mass is 79.9. The molecular weight excluding hydrogens is 410 g/mol. The summed E-state index contributed by atoms with van der Waals surface area (Å²) in [4.78, 5) is 12.1. The third-order valence-electron chi connectivity index (χ3n) is 3.62. The van der Waals surface area contributed by atoms with Gasteiger partial charge in [-0.2, -0.15) is 0 Å². The van der Waals surface area contributed by atoms with Gasteiger partial charge in [-0.1, -0.05) is 22.0 Å². The molecule has 0 spiro atoms. The van der Waals surface area contributed by atoms with Crippen LogP contribution in [0, 0.1) is 6.92 Å². The molecule has 0 aliphatic heterocycles. The summed E-state index contributed by atoms with van der Waals surface area (Å²) in [6.45, 7) is 1.90. The molecule has 0 bridgehead atoms. The SMILES string of the molecule is Cc1cc(NC(=O)CCS(=O)(=O)c2cccc3nonc23)ccc1Br. The van der Waals surface area contributed by atoms with E-state index in [0.717, 1.165) is 10.0 Å². The highest BCUT2D eigenvalue weighted by Crippen LogP contribution is 2.22. The van der Waals surface area contributed by atoms with Gasteiger partial charge in [-0.15, -0.1) is 0 Å². The average molecular weight is 424 g/mol. The Hall–Kier alpha value is -2.26. The lowest BCUT2D eigenvalue weighted by Gasteiger charge is -2.08. The molecule has 1 amide bonds. The Bertz CT molecular complexity index is 1050. The number of carbonyl (C=O) groups is 1. The van der Waals surface area contributed by atoms with Crippen molar-refractivity contribution < 1.29 is 17.8 Å². The van der Waals surface area contributed by atoms with Gasteiger partial charge in [-0.3, -0.25) is 4.79 Å². The van der Waals surface area contributed by atoms with E-state index in [-0.39, 0.29) is 28.5 Å². The number of rotatable bonds is 5. The zero-order valence-electron chi connectivity index (χ0n) is 13.2. The quantitative estimate of drug-likeness (QED) is 0.676. The van der Waals surface area contributed by atoms with E-state index >= 15 is 0 Å². The molecule has 130 valence electrons. The van der Waals surface area contributed by atoms with Crippen molar-refractivity contribution in [3.8, 4) is 0 Å². The molecule has 9 heteroatoms. The van der Waals surface area contributed by atoms with E-state index in [1.54, 1.807) is 24.3 Å². The minimum absolute atomic E-state index is 0.0125. The van der Waals surface area contributed by atoms with E-state index in [0.29, 0.717) is 11.2 Å². The van der Waals surface area contributed by atoms with Crippen molar-refractivity contribution in [1.82, 2.24) is 10.3 Å². The summed E-state index contributed by atoms with van der Waals surface area (Å²) in [7, 11) is -3.69. The number of benzene rings is 2. The van der Waals surface area contributed by atoms with E-state index in [2.05, 4.69) is 36.2 Å². The Morgan fingerprint density at radius 2 is 2.04 bits per heavy atom. The summed E-state index contributed by atoms with van der Waals surface area (Å²) >= 11 is 3.38. The van der Waals surface area contributed by atoms with Gasteiger partial charge < -0.3 is 5.32 Å². The molecular formula is C16H14BrN3O4S. The van der Waals surface area contributed by atoms with Gasteiger partial charge in [0.05, 0.1) is 10.6 Å². The number of anilines is 1. The van der Waals surface area contributed by atoms with E-state index in [1.165, 1.54) is 6.07 Å². The van der Waals surface area contributed by atoms with Crippen LogP contribution in [-0.4, -0.2) is 30.4 Å². The van der Waals surface area contributed by atoms with Gasteiger partial charge >= 0.3 is 0 Å². The molecule has 0 radical (unpaired) electrons. The van der Waals surface area contributed by atoms with Crippen molar-refractivity contribution in [1.29, 1.82) is 0 Å². The Labute approximate surface area is 152 Å². The van der Waals surface area contributed by atoms with Gasteiger partial charge in [0.1, 0.15) is 5.52 Å². The number of aryl methyl sites for hydroxylation is 1. The molecule has 3 rings (SSSR count). The molecule has 0 aliphatic rings. The number of nitrogens with zero attached hydrogens (tertiary/aromatic N) is 2. The second-order valence-corrected chi connectivity index (χ2v) is 8.40. The standard InChI is InChI=1S/C16H14BrN3O4S/c1-10-9-11(5-6-12(10)17)18-15(21)7-8-25(22,23)14-4-2-3-13-16(14)20-24-19-13/h2-6,9H,7-8H2,1H3,(H,18,21). The molecule has 1 aromatic heterocycles. The number of nitrogens with one attached hydrogen (secondary N) is 1. The third kappa shape index (κ3) is 3.88. The fraction of sp³-hybridized carbons (Fsp3) is 0.188. The summed E-state index contributed by atoms with van der Waals surface area (Å²) in [5.74, 6) is -0.712. The van der Waals surface area contributed by atoms with Crippen molar-refractivity contribution in [2.45, 2.75) is 18.2 Å². The van der Waals surface area contributed by atoms with Crippen molar-refractivity contribution in [2.24, 2.45) is 0 Å². The zero-order chi connectivity index (χ0) is 18.0. The zero-order valence-corrected chi connectivity index (χ0v) is 15.6. The molecule has 2 aromatic carbocycles. The molecule has 0 aliphatic carbocycles. The monoisotopic (exact) mass is 423 g/mol. The number of fused-ring (bicyclic) bond motifs is 1. The van der Waals surface area contributed by atoms with Crippen LogP contribution in [0.3, 0.4) is 0 Å². The van der Waals surface area contributed by atoms with Crippen LogP contribution in [0.1, 0.15) is 12.0 Å². The largest absolute Gasteiger partial charge is 0.326 e. The number of amides is 1. The summed E-state index contributed by atoms with van der Waals surface area (Å²) in [5, 5.41) is 9.95. The van der Waals surface area contributed by atoms with Crippen LogP contribution in [0.15, 0.2) is 50.4 Å². The molecule has 3 aromatic rings. The van der Waals surface area contributed by atoms with Crippen molar-refractivity contribution in [3.05, 3.63) is 46.4 Å². The number of carbonyl (C=O) groups excluding carboxylic acids is 1. The minimum atomic E-state index is -3.69. The third-order valence-corrected chi connectivity index (χ3v) is 6.25. The Morgan fingerprint density at radius 1 is 1.24 bits per heavy atom. The fourth-order valence-electron chi connectivity index (χ4n) is 2.32. The number of hydrogen-bond donors (Lipinski definition) is 1. The summed E-state index contributed by atoms with van der Waals surface area (Å²) in [6, 6.07) is 9.96. The second-order valence-electron chi connectivity index (χ2n) is 5.47. The first-order chi connectivity index (χ1) is 11.9. The molecule has 0 atom stereocenters. The first-order valence-corrected chi connectivity index (χ1v) is 9.81. The second kappa shape index (κ2) is 6.93. The summed E-state index contributed by atoms with van der Waals surface area (Å²) < 4.78 is 30.5. The minimum Gasteiger partial charge on any atom is -0.326 e. The van der Waals surface area contributed by atoms with Crippen LogP contribution in [0.25, 0.3) is 11.0 Å². The topological polar surface area (TPSA) is 102 Å². The lowest BCUT2D eigenvalue weighted by Crippen LogP contribution is -2.17. The van der Waals surface area contributed by atoms with E-state index in [9.17, 15) is 13.2 Å². The van der Waals surface area contributed by atoms with Gasteiger partial charge in [0.15, 0.2) is 15.4 Å².